The van der Waals surface area contributed by atoms with E-state index >= 15 is 0 Å². The van der Waals surface area contributed by atoms with Gasteiger partial charge >= 0.3 is 0 Å². The molecule has 0 saturated heterocycles. The van der Waals surface area contributed by atoms with Gasteiger partial charge in [-0.3, -0.25) is 0 Å². The molecule has 1 fully saturated rings. The maximum Gasteiger partial charge on any atom is 0.245 e. The zero-order chi connectivity index (χ0) is 19.7. The fourth-order valence-electron chi connectivity index (χ4n) is 3.61. The molecule has 2 aromatic heterocycles. The Bertz CT molecular complexity index is 1070. The number of aromatic nitrogens is 4. The van der Waals surface area contributed by atoms with Crippen LogP contribution in [0.2, 0.25) is 0 Å². The van der Waals surface area contributed by atoms with E-state index in [2.05, 4.69) is 18.9 Å². The SMILES string of the molecule is Cc1ccc(S(=O)(=O)N(C)CCc2noc(C3CCCCC3)n2)c2nsnc12. The van der Waals surface area contributed by atoms with E-state index in [0.717, 1.165) is 30.1 Å². The van der Waals surface area contributed by atoms with E-state index in [1.165, 1.54) is 23.6 Å². The molecule has 1 aromatic carbocycles. The summed E-state index contributed by atoms with van der Waals surface area (Å²) in [7, 11) is -2.13. The fourth-order valence-corrected chi connectivity index (χ4v) is 5.58. The summed E-state index contributed by atoms with van der Waals surface area (Å²) in [5, 5.41) is 4.04. The van der Waals surface area contributed by atoms with E-state index in [-0.39, 0.29) is 11.4 Å². The molecule has 2 heterocycles. The number of sulfonamides is 1. The van der Waals surface area contributed by atoms with Gasteiger partial charge in [-0.05, 0) is 31.4 Å². The lowest BCUT2D eigenvalue weighted by atomic mass is 9.89. The van der Waals surface area contributed by atoms with Crippen molar-refractivity contribution in [2.24, 2.45) is 0 Å². The molecule has 0 radical (unpaired) electrons. The van der Waals surface area contributed by atoms with Gasteiger partial charge in [0.25, 0.3) is 0 Å². The monoisotopic (exact) mass is 421 g/mol. The van der Waals surface area contributed by atoms with Gasteiger partial charge in [0.2, 0.25) is 15.9 Å². The number of hydrogen-bond donors (Lipinski definition) is 0. The molecule has 0 aliphatic heterocycles. The molecule has 150 valence electrons. The maximum absolute atomic E-state index is 13.0. The largest absolute Gasteiger partial charge is 0.339 e. The van der Waals surface area contributed by atoms with Crippen molar-refractivity contribution >= 4 is 32.8 Å². The van der Waals surface area contributed by atoms with Gasteiger partial charge in [-0.15, -0.1) is 0 Å². The first-order chi connectivity index (χ1) is 13.5. The van der Waals surface area contributed by atoms with Gasteiger partial charge < -0.3 is 4.52 Å². The number of likely N-dealkylation sites (N-methyl/N-ethyl adjacent to an activating group) is 1. The molecule has 1 aliphatic carbocycles. The first-order valence-electron chi connectivity index (χ1n) is 9.47. The van der Waals surface area contributed by atoms with Crippen molar-refractivity contribution in [2.75, 3.05) is 13.6 Å². The Labute approximate surface area is 168 Å². The van der Waals surface area contributed by atoms with Crippen LogP contribution < -0.4 is 0 Å². The van der Waals surface area contributed by atoms with Crippen LogP contribution in [-0.4, -0.2) is 45.2 Å². The van der Waals surface area contributed by atoms with Crippen LogP contribution in [-0.2, 0) is 16.4 Å². The molecule has 0 bridgehead atoms. The van der Waals surface area contributed by atoms with Gasteiger partial charge in [0.1, 0.15) is 15.9 Å². The standard InChI is InChI=1S/C18H23N5O3S2/c1-12-8-9-14(17-16(12)21-27-22-17)28(24,25)23(2)11-10-15-19-18(26-20-15)13-6-4-3-5-7-13/h8-9,13H,3-7,10-11H2,1-2H3. The van der Waals surface area contributed by atoms with Crippen molar-refractivity contribution in [1.82, 2.24) is 23.2 Å². The summed E-state index contributed by atoms with van der Waals surface area (Å²) in [5.74, 6) is 1.58. The first-order valence-corrected chi connectivity index (χ1v) is 11.6. The molecular weight excluding hydrogens is 398 g/mol. The maximum atomic E-state index is 13.0. The highest BCUT2D eigenvalue weighted by Crippen LogP contribution is 2.31. The predicted octanol–water partition coefficient (Wildman–Crippen LogP) is 3.29. The Kier molecular flexibility index (Phi) is 5.44. The molecule has 3 aromatic rings. The minimum atomic E-state index is -3.68. The second kappa shape index (κ2) is 7.84. The molecule has 10 heteroatoms. The summed E-state index contributed by atoms with van der Waals surface area (Å²) in [6.45, 7) is 2.16. The highest BCUT2D eigenvalue weighted by Gasteiger charge is 2.26. The third-order valence-corrected chi connectivity index (χ3v) is 7.77. The summed E-state index contributed by atoms with van der Waals surface area (Å²) >= 11 is 1.02. The number of fused-ring (bicyclic) bond motifs is 1. The van der Waals surface area contributed by atoms with Crippen LogP contribution in [0.5, 0.6) is 0 Å². The van der Waals surface area contributed by atoms with Gasteiger partial charge in [-0.2, -0.15) is 13.7 Å². The van der Waals surface area contributed by atoms with E-state index in [1.54, 1.807) is 19.2 Å². The van der Waals surface area contributed by atoms with Gasteiger partial charge in [0, 0.05) is 25.9 Å². The quantitative estimate of drug-likeness (QED) is 0.602. The van der Waals surface area contributed by atoms with Gasteiger partial charge in [0.05, 0.1) is 11.7 Å². The third kappa shape index (κ3) is 3.68. The highest BCUT2D eigenvalue weighted by atomic mass is 32.2. The molecule has 0 unspecified atom stereocenters. The molecule has 8 nitrogen and oxygen atoms in total. The molecule has 0 spiro atoms. The van der Waals surface area contributed by atoms with Crippen LogP contribution in [0.15, 0.2) is 21.6 Å². The summed E-state index contributed by atoms with van der Waals surface area (Å²) < 4.78 is 41.2. The minimum absolute atomic E-state index is 0.181. The number of rotatable bonds is 6. The van der Waals surface area contributed by atoms with Crippen molar-refractivity contribution in [3.05, 3.63) is 29.4 Å². The van der Waals surface area contributed by atoms with Gasteiger partial charge in [-0.25, -0.2) is 12.7 Å². The Morgan fingerprint density at radius 1 is 1.18 bits per heavy atom. The molecule has 28 heavy (non-hydrogen) atoms. The molecule has 0 N–H and O–H groups in total. The Morgan fingerprint density at radius 2 is 1.93 bits per heavy atom. The van der Waals surface area contributed by atoms with E-state index in [9.17, 15) is 8.42 Å². The van der Waals surface area contributed by atoms with Crippen LogP contribution >= 0.6 is 11.7 Å². The van der Waals surface area contributed by atoms with E-state index in [1.807, 2.05) is 6.92 Å². The Hall–Kier alpha value is -1.91. The normalized spacial score (nSPS) is 16.2. The number of hydrogen-bond acceptors (Lipinski definition) is 8. The molecule has 4 rings (SSSR count). The first kappa shape index (κ1) is 19.4. The summed E-state index contributed by atoms with van der Waals surface area (Å²) in [6.07, 6.45) is 6.22. The van der Waals surface area contributed by atoms with E-state index < -0.39 is 10.0 Å². The van der Waals surface area contributed by atoms with Crippen LogP contribution in [0.4, 0.5) is 0 Å². The smallest absolute Gasteiger partial charge is 0.245 e. The fraction of sp³-hybridized carbons (Fsp3) is 0.556. The molecule has 0 amide bonds. The lowest BCUT2D eigenvalue weighted by molar-refractivity contribution is 0.311. The minimum Gasteiger partial charge on any atom is -0.339 e. The van der Waals surface area contributed by atoms with Crippen molar-refractivity contribution in [3.63, 3.8) is 0 Å². The summed E-state index contributed by atoms with van der Waals surface area (Å²) in [6, 6.07) is 3.36. The third-order valence-electron chi connectivity index (χ3n) is 5.36. The van der Waals surface area contributed by atoms with Crippen LogP contribution in [0.1, 0.15) is 55.3 Å². The van der Waals surface area contributed by atoms with Crippen LogP contribution in [0.25, 0.3) is 11.0 Å². The molecule has 1 saturated carbocycles. The summed E-state index contributed by atoms with van der Waals surface area (Å²) in [5.41, 5.74) is 1.97. The molecule has 1 aliphatic rings. The van der Waals surface area contributed by atoms with Crippen molar-refractivity contribution in [1.29, 1.82) is 0 Å². The van der Waals surface area contributed by atoms with Gasteiger partial charge in [0.15, 0.2) is 5.82 Å². The number of nitrogens with zero attached hydrogens (tertiary/aromatic N) is 5. The zero-order valence-corrected chi connectivity index (χ0v) is 17.6. The van der Waals surface area contributed by atoms with Crippen LogP contribution in [0, 0.1) is 6.92 Å². The Balaban J connectivity index is 1.47. The second-order valence-electron chi connectivity index (χ2n) is 7.30. The van der Waals surface area contributed by atoms with Gasteiger partial charge in [-0.1, -0.05) is 30.5 Å². The second-order valence-corrected chi connectivity index (χ2v) is 9.84. The average molecular weight is 422 g/mol. The summed E-state index contributed by atoms with van der Waals surface area (Å²) in [4.78, 5) is 4.67. The number of benzene rings is 1. The Morgan fingerprint density at radius 3 is 2.71 bits per heavy atom. The lowest BCUT2D eigenvalue weighted by Crippen LogP contribution is -2.29. The average Bonchev–Trinajstić information content (AvgIpc) is 3.37. The van der Waals surface area contributed by atoms with Crippen molar-refractivity contribution in [2.45, 2.75) is 56.3 Å². The zero-order valence-electron chi connectivity index (χ0n) is 16.0. The molecular formula is C18H23N5O3S2. The van der Waals surface area contributed by atoms with E-state index in [4.69, 9.17) is 4.52 Å². The highest BCUT2D eigenvalue weighted by molar-refractivity contribution is 7.89. The molecule has 0 atom stereocenters. The van der Waals surface area contributed by atoms with Crippen molar-refractivity contribution in [3.8, 4) is 0 Å². The van der Waals surface area contributed by atoms with Crippen LogP contribution in [0.3, 0.4) is 0 Å². The van der Waals surface area contributed by atoms with E-state index in [0.29, 0.717) is 35.1 Å². The number of aryl methyl sites for hydroxylation is 1. The lowest BCUT2D eigenvalue weighted by Gasteiger charge is -2.17. The topological polar surface area (TPSA) is 102 Å². The predicted molar refractivity (Wildman–Crippen MR) is 106 cm³/mol. The van der Waals surface area contributed by atoms with Crippen molar-refractivity contribution < 1.29 is 12.9 Å².